The molecule has 176 valence electrons. The van der Waals surface area contributed by atoms with E-state index in [1.807, 2.05) is 61.5 Å². The minimum absolute atomic E-state index is 0.0566. The molecule has 0 unspecified atom stereocenters. The van der Waals surface area contributed by atoms with Crippen LogP contribution in [0.2, 0.25) is 0 Å². The van der Waals surface area contributed by atoms with Crippen molar-refractivity contribution in [1.82, 2.24) is 23.7 Å². The first-order chi connectivity index (χ1) is 16.9. The molecule has 0 aliphatic rings. The molecule has 0 saturated heterocycles. The van der Waals surface area contributed by atoms with Gasteiger partial charge in [0.05, 0.1) is 11.6 Å². The number of aryl methyl sites for hydroxylation is 1. The van der Waals surface area contributed by atoms with Crippen LogP contribution in [-0.4, -0.2) is 28.8 Å². The molecule has 1 atom stereocenters. The van der Waals surface area contributed by atoms with Gasteiger partial charge in [0.1, 0.15) is 0 Å². The number of allylic oxidation sites excluding steroid dienone is 1. The van der Waals surface area contributed by atoms with E-state index in [4.69, 9.17) is 0 Å². The van der Waals surface area contributed by atoms with Crippen LogP contribution in [0.3, 0.4) is 0 Å². The van der Waals surface area contributed by atoms with Gasteiger partial charge in [-0.2, -0.15) is 4.98 Å². The van der Waals surface area contributed by atoms with E-state index in [2.05, 4.69) is 26.8 Å². The minimum atomic E-state index is -0.576. The average molecular weight is 470 g/mol. The van der Waals surface area contributed by atoms with E-state index in [1.165, 1.54) is 11.6 Å². The molecule has 2 N–H and O–H groups in total. The number of H-pyrrole nitrogens is 1. The van der Waals surface area contributed by atoms with Crippen molar-refractivity contribution in [2.75, 3.05) is 0 Å². The van der Waals surface area contributed by atoms with Crippen LogP contribution in [0.5, 0.6) is 5.88 Å². The molecule has 0 saturated carbocycles. The summed E-state index contributed by atoms with van der Waals surface area (Å²) >= 11 is 0. The second kappa shape index (κ2) is 8.56. The number of aromatic nitrogens is 5. The maximum absolute atomic E-state index is 12.8. The van der Waals surface area contributed by atoms with E-state index in [1.54, 1.807) is 15.2 Å². The number of aromatic amines is 1. The Morgan fingerprint density at radius 1 is 1.11 bits per heavy atom. The number of azo groups is 1. The van der Waals surface area contributed by atoms with Crippen molar-refractivity contribution in [2.45, 2.75) is 19.5 Å². The number of nitrogens with zero attached hydrogens (tertiary/aromatic N) is 6. The van der Waals surface area contributed by atoms with Crippen LogP contribution in [0, 0.1) is 0 Å². The van der Waals surface area contributed by atoms with Gasteiger partial charge in [-0.3, -0.25) is 18.9 Å². The number of hydrogen-bond donors (Lipinski definition) is 2. The SMILES string of the molecule is C=CCn1c(O)c(N=Nc2nc3c(c(=O)[nH]c(=O)n3C)n2[C@@H](C)c2ccccc2)c2ccccc21. The zero-order valence-electron chi connectivity index (χ0n) is 19.2. The third kappa shape index (κ3) is 3.55. The Balaban J connectivity index is 1.75. The number of imidazole rings is 1. The highest BCUT2D eigenvalue weighted by atomic mass is 16.3. The highest BCUT2D eigenvalue weighted by Gasteiger charge is 2.23. The fourth-order valence-corrected chi connectivity index (χ4v) is 4.29. The monoisotopic (exact) mass is 469 g/mol. The standard InChI is InChI=1S/C25H23N7O3/c1-4-14-31-18-13-9-8-12-17(18)19(23(31)34)28-29-24-26-21-20(22(33)27-25(35)30(21)3)32(24)15(2)16-10-6-5-7-11-16/h4-13,15,34H,1,14H2,2-3H3,(H,27,33,35)/t15-/m0/s1. The van der Waals surface area contributed by atoms with Crippen molar-refractivity contribution in [3.05, 3.63) is 93.7 Å². The zero-order chi connectivity index (χ0) is 24.7. The van der Waals surface area contributed by atoms with Gasteiger partial charge in [0.25, 0.3) is 11.5 Å². The zero-order valence-corrected chi connectivity index (χ0v) is 19.2. The van der Waals surface area contributed by atoms with Crippen LogP contribution in [0.25, 0.3) is 22.1 Å². The van der Waals surface area contributed by atoms with Gasteiger partial charge in [-0.15, -0.1) is 16.8 Å². The number of fused-ring (bicyclic) bond motifs is 2. The molecule has 0 amide bonds. The molecule has 0 spiro atoms. The lowest BCUT2D eigenvalue weighted by molar-refractivity contribution is 0.431. The Labute approximate surface area is 199 Å². The van der Waals surface area contributed by atoms with Crippen molar-refractivity contribution in [3.8, 4) is 5.88 Å². The summed E-state index contributed by atoms with van der Waals surface area (Å²) in [5.74, 6) is 0.0712. The summed E-state index contributed by atoms with van der Waals surface area (Å²) in [7, 11) is 1.53. The van der Waals surface area contributed by atoms with Gasteiger partial charge in [0.15, 0.2) is 16.9 Å². The Hall–Kier alpha value is -4.73. The molecule has 0 fully saturated rings. The van der Waals surface area contributed by atoms with E-state index in [9.17, 15) is 14.7 Å². The number of aromatic hydroxyl groups is 1. The largest absolute Gasteiger partial charge is 0.493 e. The van der Waals surface area contributed by atoms with Crippen molar-refractivity contribution < 1.29 is 5.11 Å². The summed E-state index contributed by atoms with van der Waals surface area (Å²) in [5.41, 5.74) is 1.23. The van der Waals surface area contributed by atoms with E-state index >= 15 is 0 Å². The van der Waals surface area contributed by atoms with E-state index in [0.717, 1.165) is 11.1 Å². The molecule has 0 radical (unpaired) electrons. The lowest BCUT2D eigenvalue weighted by atomic mass is 10.1. The number of hydrogen-bond acceptors (Lipinski definition) is 6. The van der Waals surface area contributed by atoms with Crippen molar-refractivity contribution in [1.29, 1.82) is 0 Å². The van der Waals surface area contributed by atoms with Crippen LogP contribution in [-0.2, 0) is 13.6 Å². The third-order valence-electron chi connectivity index (χ3n) is 6.07. The molecule has 0 bridgehead atoms. The van der Waals surface area contributed by atoms with Crippen LogP contribution in [0.15, 0.2) is 87.1 Å². The summed E-state index contributed by atoms with van der Waals surface area (Å²) in [6.45, 7) is 6.06. The Morgan fingerprint density at radius 2 is 1.83 bits per heavy atom. The maximum atomic E-state index is 12.8. The van der Waals surface area contributed by atoms with Gasteiger partial charge in [-0.05, 0) is 18.6 Å². The molecular weight excluding hydrogens is 446 g/mol. The third-order valence-corrected chi connectivity index (χ3v) is 6.07. The molecule has 2 aromatic carbocycles. The predicted molar refractivity (Wildman–Crippen MR) is 134 cm³/mol. The minimum Gasteiger partial charge on any atom is -0.493 e. The quantitative estimate of drug-likeness (QED) is 0.284. The molecule has 5 aromatic rings. The molecule has 10 nitrogen and oxygen atoms in total. The van der Waals surface area contributed by atoms with Gasteiger partial charge in [0, 0.05) is 19.0 Å². The van der Waals surface area contributed by atoms with Gasteiger partial charge >= 0.3 is 5.69 Å². The highest BCUT2D eigenvalue weighted by molar-refractivity contribution is 5.95. The van der Waals surface area contributed by atoms with Crippen LogP contribution < -0.4 is 11.2 Å². The smallest absolute Gasteiger partial charge is 0.329 e. The fourth-order valence-electron chi connectivity index (χ4n) is 4.29. The number of benzene rings is 2. The molecular formula is C25H23N7O3. The Bertz CT molecular complexity index is 1720. The lowest BCUT2D eigenvalue weighted by Gasteiger charge is -2.15. The van der Waals surface area contributed by atoms with E-state index < -0.39 is 11.2 Å². The average Bonchev–Trinajstić information content (AvgIpc) is 3.38. The second-order valence-corrected chi connectivity index (χ2v) is 8.15. The van der Waals surface area contributed by atoms with Crippen LogP contribution >= 0.6 is 0 Å². The Morgan fingerprint density at radius 3 is 2.57 bits per heavy atom. The van der Waals surface area contributed by atoms with Gasteiger partial charge in [-0.1, -0.05) is 54.6 Å². The molecule has 0 aliphatic heterocycles. The second-order valence-electron chi connectivity index (χ2n) is 8.15. The summed E-state index contributed by atoms with van der Waals surface area (Å²) in [6, 6.07) is 16.7. The first kappa shape index (κ1) is 22.1. The molecule has 5 rings (SSSR count). The summed E-state index contributed by atoms with van der Waals surface area (Å²) < 4.78 is 4.59. The lowest BCUT2D eigenvalue weighted by Crippen LogP contribution is -2.29. The first-order valence-electron chi connectivity index (χ1n) is 11.0. The summed E-state index contributed by atoms with van der Waals surface area (Å²) in [6.07, 6.45) is 1.68. The summed E-state index contributed by atoms with van der Waals surface area (Å²) in [5, 5.41) is 20.3. The van der Waals surface area contributed by atoms with E-state index in [-0.39, 0.29) is 34.7 Å². The Kier molecular flexibility index (Phi) is 5.40. The first-order valence-corrected chi connectivity index (χ1v) is 11.0. The summed E-state index contributed by atoms with van der Waals surface area (Å²) in [4.78, 5) is 31.9. The van der Waals surface area contributed by atoms with Crippen LogP contribution in [0.1, 0.15) is 18.5 Å². The molecule has 3 heterocycles. The molecule has 0 aliphatic carbocycles. The number of para-hydroxylation sites is 1. The maximum Gasteiger partial charge on any atom is 0.329 e. The molecule has 35 heavy (non-hydrogen) atoms. The van der Waals surface area contributed by atoms with Crippen molar-refractivity contribution in [3.63, 3.8) is 0 Å². The predicted octanol–water partition coefficient (Wildman–Crippen LogP) is 4.29. The highest BCUT2D eigenvalue weighted by Crippen LogP contribution is 2.39. The van der Waals surface area contributed by atoms with Gasteiger partial charge < -0.3 is 9.67 Å². The number of rotatable bonds is 6. The van der Waals surface area contributed by atoms with Crippen molar-refractivity contribution in [2.24, 2.45) is 17.3 Å². The number of nitrogens with one attached hydrogen (secondary N) is 1. The normalized spacial score (nSPS) is 12.6. The topological polar surface area (TPSA) is 123 Å². The molecule has 3 aromatic heterocycles. The van der Waals surface area contributed by atoms with Crippen LogP contribution in [0.4, 0.5) is 11.6 Å². The van der Waals surface area contributed by atoms with E-state index in [0.29, 0.717) is 11.9 Å². The van der Waals surface area contributed by atoms with Gasteiger partial charge in [-0.25, -0.2) is 4.79 Å². The molecule has 10 heteroatoms. The fraction of sp³-hybridized carbons (Fsp3) is 0.160. The van der Waals surface area contributed by atoms with Crippen molar-refractivity contribution >= 4 is 33.7 Å². The van der Waals surface area contributed by atoms with Gasteiger partial charge in [0.2, 0.25) is 5.88 Å².